The summed E-state index contributed by atoms with van der Waals surface area (Å²) in [7, 11) is 5.52. The Bertz CT molecular complexity index is 1560. The maximum absolute atomic E-state index is 13.1. The van der Waals surface area contributed by atoms with Crippen molar-refractivity contribution in [2.24, 2.45) is 0 Å². The molecule has 3 heterocycles. The van der Waals surface area contributed by atoms with Crippen molar-refractivity contribution in [2.45, 2.75) is 12.6 Å². The molecule has 2 amide bonds. The second-order valence-corrected chi connectivity index (χ2v) is 9.05. The van der Waals surface area contributed by atoms with Crippen molar-refractivity contribution in [3.63, 3.8) is 0 Å². The van der Waals surface area contributed by atoms with E-state index < -0.39 is 16.7 Å². The number of rotatable bonds is 8. The Morgan fingerprint density at radius 2 is 1.78 bits per heavy atom. The molecule has 10 heteroatoms. The zero-order valence-corrected chi connectivity index (χ0v) is 20.1. The smallest absolute Gasteiger partial charge is 0.270 e. The minimum atomic E-state index is -0.539. The van der Waals surface area contributed by atoms with E-state index in [2.05, 4.69) is 10.3 Å². The molecule has 0 bridgehead atoms. The van der Waals surface area contributed by atoms with Gasteiger partial charge in [0.05, 0.1) is 28.7 Å². The van der Waals surface area contributed by atoms with E-state index in [-0.39, 0.29) is 22.9 Å². The fraction of sp³-hybridized carbons (Fsp3) is 0.231. The van der Waals surface area contributed by atoms with Crippen LogP contribution in [0.3, 0.4) is 0 Å². The molecule has 1 unspecified atom stereocenters. The van der Waals surface area contributed by atoms with Gasteiger partial charge in [0.2, 0.25) is 0 Å². The first-order valence-electron chi connectivity index (χ1n) is 11.4. The maximum atomic E-state index is 13.1. The predicted molar refractivity (Wildman–Crippen MR) is 136 cm³/mol. The van der Waals surface area contributed by atoms with Crippen molar-refractivity contribution < 1.29 is 19.2 Å². The van der Waals surface area contributed by atoms with Gasteiger partial charge in [-0.05, 0) is 26.2 Å². The summed E-state index contributed by atoms with van der Waals surface area (Å²) < 4.78 is 7.58. The molecule has 1 aliphatic heterocycles. The van der Waals surface area contributed by atoms with E-state index in [9.17, 15) is 19.7 Å². The highest BCUT2D eigenvalue weighted by atomic mass is 16.6. The summed E-state index contributed by atoms with van der Waals surface area (Å²) in [4.78, 5) is 42.4. The van der Waals surface area contributed by atoms with Crippen molar-refractivity contribution >= 4 is 50.5 Å². The first kappa shape index (κ1) is 23.5. The Kier molecular flexibility index (Phi) is 5.91. The van der Waals surface area contributed by atoms with Crippen LogP contribution in [-0.2, 0) is 20.9 Å². The minimum absolute atomic E-state index is 0.0999. The van der Waals surface area contributed by atoms with E-state index in [4.69, 9.17) is 4.74 Å². The molecule has 2 aromatic heterocycles. The number of fused-ring (bicyclic) bond motifs is 2. The van der Waals surface area contributed by atoms with Gasteiger partial charge >= 0.3 is 0 Å². The number of nitro benzene ring substituents is 1. The van der Waals surface area contributed by atoms with Gasteiger partial charge in [-0.3, -0.25) is 25.0 Å². The van der Waals surface area contributed by atoms with Crippen molar-refractivity contribution in [3.05, 3.63) is 76.1 Å². The number of nitrogens with zero attached hydrogens (tertiary/aromatic N) is 3. The number of aromatic nitrogens is 2. The summed E-state index contributed by atoms with van der Waals surface area (Å²) in [5.74, 6) is -1.05. The monoisotopic (exact) mass is 487 g/mol. The molecule has 2 aromatic carbocycles. The summed E-state index contributed by atoms with van der Waals surface area (Å²) in [5, 5.41) is 15.3. The minimum Gasteiger partial charge on any atom is -0.378 e. The topological polar surface area (TPSA) is 122 Å². The standard InChI is InChI=1S/C26H25N5O5/c1-29(2)12-16(36-3)13-30-14-20(18-10-15(31(34)35)8-9-22(18)30)24-23(25(32)28-26(24)33)19-11-27-21-7-5-4-6-17(19)21/h4-11,14,16,27H,12-13H2,1-3H3,(H,28,32,33). The van der Waals surface area contributed by atoms with Gasteiger partial charge in [-0.1, -0.05) is 18.2 Å². The molecule has 4 aromatic rings. The molecule has 36 heavy (non-hydrogen) atoms. The first-order valence-corrected chi connectivity index (χ1v) is 11.4. The fourth-order valence-electron chi connectivity index (χ4n) is 4.83. The van der Waals surface area contributed by atoms with Crippen molar-refractivity contribution in [1.82, 2.24) is 19.8 Å². The number of nitro groups is 1. The number of methoxy groups -OCH3 is 1. The quantitative estimate of drug-likeness (QED) is 0.224. The lowest BCUT2D eigenvalue weighted by atomic mass is 9.95. The summed E-state index contributed by atoms with van der Waals surface area (Å²) in [5.41, 5.74) is 2.91. The van der Waals surface area contributed by atoms with Crippen molar-refractivity contribution in [1.29, 1.82) is 0 Å². The van der Waals surface area contributed by atoms with E-state index >= 15 is 0 Å². The molecule has 2 N–H and O–H groups in total. The number of ether oxygens (including phenoxy) is 1. The third-order valence-electron chi connectivity index (χ3n) is 6.44. The van der Waals surface area contributed by atoms with Gasteiger partial charge in [-0.25, -0.2) is 0 Å². The number of hydrogen-bond donors (Lipinski definition) is 2. The van der Waals surface area contributed by atoms with Crippen LogP contribution in [-0.4, -0.2) is 65.0 Å². The predicted octanol–water partition coefficient (Wildman–Crippen LogP) is 3.17. The van der Waals surface area contributed by atoms with Crippen LogP contribution in [0.2, 0.25) is 0 Å². The number of carbonyl (C=O) groups excluding carboxylic acids is 2. The number of benzene rings is 2. The summed E-state index contributed by atoms with van der Waals surface area (Å²) in [6, 6.07) is 12.1. The average Bonchev–Trinajstić information content (AvgIpc) is 3.50. The number of carbonyl (C=O) groups is 2. The van der Waals surface area contributed by atoms with Crippen LogP contribution in [0, 0.1) is 10.1 Å². The number of likely N-dealkylation sites (N-methyl/N-ethyl adjacent to an activating group) is 1. The lowest BCUT2D eigenvalue weighted by molar-refractivity contribution is -0.384. The normalized spacial score (nSPS) is 14.9. The second kappa shape index (κ2) is 9.06. The number of nitrogens with one attached hydrogen (secondary N) is 2. The van der Waals surface area contributed by atoms with Gasteiger partial charge in [-0.15, -0.1) is 0 Å². The van der Waals surface area contributed by atoms with Crippen LogP contribution in [0.5, 0.6) is 0 Å². The number of hydrogen-bond acceptors (Lipinski definition) is 6. The largest absolute Gasteiger partial charge is 0.378 e. The number of aromatic amines is 1. The van der Waals surface area contributed by atoms with Crippen molar-refractivity contribution in [3.8, 4) is 0 Å². The van der Waals surface area contributed by atoms with Crippen LogP contribution in [0.1, 0.15) is 11.1 Å². The van der Waals surface area contributed by atoms with Gasteiger partial charge < -0.3 is 19.2 Å². The molecule has 0 radical (unpaired) electrons. The van der Waals surface area contributed by atoms with E-state index in [0.29, 0.717) is 35.1 Å². The average molecular weight is 488 g/mol. The lowest BCUT2D eigenvalue weighted by Crippen LogP contribution is -2.31. The second-order valence-electron chi connectivity index (χ2n) is 9.05. The summed E-state index contributed by atoms with van der Waals surface area (Å²) in [6.07, 6.45) is 3.32. The van der Waals surface area contributed by atoms with Crippen LogP contribution >= 0.6 is 0 Å². The maximum Gasteiger partial charge on any atom is 0.270 e. The molecule has 1 aliphatic rings. The van der Waals surface area contributed by atoms with Crippen LogP contribution in [0.4, 0.5) is 5.69 Å². The Hall–Kier alpha value is -4.28. The lowest BCUT2D eigenvalue weighted by Gasteiger charge is -2.20. The molecule has 0 aliphatic carbocycles. The molecular formula is C26H25N5O5. The van der Waals surface area contributed by atoms with Gasteiger partial charge in [-0.2, -0.15) is 0 Å². The van der Waals surface area contributed by atoms with Gasteiger partial charge in [0.25, 0.3) is 17.5 Å². The first-order chi connectivity index (χ1) is 17.3. The molecule has 184 valence electrons. The molecule has 0 fully saturated rings. The van der Waals surface area contributed by atoms with Crippen molar-refractivity contribution in [2.75, 3.05) is 27.7 Å². The van der Waals surface area contributed by atoms with Crippen LogP contribution in [0.25, 0.3) is 33.0 Å². The number of H-pyrrole nitrogens is 1. The third-order valence-corrected chi connectivity index (χ3v) is 6.44. The Morgan fingerprint density at radius 3 is 2.47 bits per heavy atom. The number of imide groups is 1. The van der Waals surface area contributed by atoms with E-state index in [1.54, 1.807) is 25.6 Å². The van der Waals surface area contributed by atoms with E-state index in [1.165, 1.54) is 12.1 Å². The van der Waals surface area contributed by atoms with E-state index in [1.807, 2.05) is 47.8 Å². The molecule has 0 saturated heterocycles. The van der Waals surface area contributed by atoms with Crippen LogP contribution < -0.4 is 5.32 Å². The summed E-state index contributed by atoms with van der Waals surface area (Å²) >= 11 is 0. The number of amides is 2. The van der Waals surface area contributed by atoms with Gasteiger partial charge in [0, 0.05) is 71.1 Å². The highest BCUT2D eigenvalue weighted by Crippen LogP contribution is 2.39. The van der Waals surface area contributed by atoms with Gasteiger partial charge in [0.1, 0.15) is 0 Å². The Balaban J connectivity index is 1.76. The Labute approximate surface area is 206 Å². The Morgan fingerprint density at radius 1 is 1.06 bits per heavy atom. The molecule has 1 atom stereocenters. The zero-order chi connectivity index (χ0) is 25.6. The highest BCUT2D eigenvalue weighted by molar-refractivity contribution is 6.50. The SMILES string of the molecule is COC(CN(C)C)Cn1cc(C2=C(c3c[nH]c4ccccc34)C(=O)NC2=O)c2cc([N+](=O)[O-])ccc21. The molecule has 0 saturated carbocycles. The molecule has 10 nitrogen and oxygen atoms in total. The third kappa shape index (κ3) is 3.96. The summed E-state index contributed by atoms with van der Waals surface area (Å²) in [6.45, 7) is 1.11. The number of non-ortho nitro benzene ring substituents is 1. The molecule has 5 rings (SSSR count). The highest BCUT2D eigenvalue weighted by Gasteiger charge is 2.35. The van der Waals surface area contributed by atoms with Crippen LogP contribution in [0.15, 0.2) is 54.9 Å². The molecule has 0 spiro atoms. The van der Waals surface area contributed by atoms with Gasteiger partial charge in [0.15, 0.2) is 0 Å². The fourth-order valence-corrected chi connectivity index (χ4v) is 4.83. The zero-order valence-electron chi connectivity index (χ0n) is 20.1. The molecular weight excluding hydrogens is 462 g/mol. The van der Waals surface area contributed by atoms with E-state index in [0.717, 1.165) is 10.9 Å². The number of para-hydroxylation sites is 1.